The second kappa shape index (κ2) is 4.28. The van der Waals surface area contributed by atoms with Crippen molar-refractivity contribution in [3.63, 3.8) is 0 Å². The van der Waals surface area contributed by atoms with E-state index < -0.39 is 5.79 Å². The van der Waals surface area contributed by atoms with Crippen LogP contribution in [0.2, 0.25) is 5.02 Å². The second-order valence-corrected chi connectivity index (χ2v) is 7.87. The van der Waals surface area contributed by atoms with E-state index in [1.165, 1.54) is 0 Å². The van der Waals surface area contributed by atoms with Crippen LogP contribution in [0.4, 0.5) is 0 Å². The molecular weight excluding hydrogens is 316 g/mol. The van der Waals surface area contributed by atoms with Crippen LogP contribution in [0.5, 0.6) is 0 Å². The largest absolute Gasteiger partial charge is 0.396 e. The Hall–Kier alpha value is -1.14. The van der Waals surface area contributed by atoms with Crippen LogP contribution < -0.4 is 0 Å². The first-order valence-electron chi connectivity index (χ1n) is 8.04. The van der Waals surface area contributed by atoms with Crippen molar-refractivity contribution < 1.29 is 14.6 Å². The van der Waals surface area contributed by atoms with Crippen LogP contribution >= 0.6 is 11.6 Å². The molecular formula is C17H19ClN2O3. The van der Waals surface area contributed by atoms with Crippen molar-refractivity contribution >= 4 is 22.6 Å². The van der Waals surface area contributed by atoms with Gasteiger partial charge in [0.1, 0.15) is 11.8 Å². The molecule has 0 amide bonds. The number of halogens is 1. The molecule has 5 nitrogen and oxygen atoms in total. The molecule has 5 atom stereocenters. The zero-order valence-corrected chi connectivity index (χ0v) is 13.8. The zero-order valence-electron chi connectivity index (χ0n) is 13.1. The minimum Gasteiger partial charge on any atom is -0.396 e. The first-order chi connectivity index (χ1) is 11.0. The molecule has 6 heteroatoms. The third kappa shape index (κ3) is 1.71. The zero-order chi connectivity index (χ0) is 16.0. The van der Waals surface area contributed by atoms with Gasteiger partial charge in [0.25, 0.3) is 0 Å². The maximum Gasteiger partial charge on any atom is 0.163 e. The van der Waals surface area contributed by atoms with Crippen molar-refractivity contribution in [2.24, 2.45) is 11.3 Å². The fourth-order valence-electron chi connectivity index (χ4n) is 4.74. The van der Waals surface area contributed by atoms with Crippen molar-refractivity contribution in [3.05, 3.63) is 29.5 Å². The van der Waals surface area contributed by atoms with Crippen molar-refractivity contribution in [2.75, 3.05) is 6.61 Å². The molecule has 3 aliphatic rings. The molecule has 0 aromatic carbocycles. The highest BCUT2D eigenvalue weighted by Crippen LogP contribution is 2.71. The summed E-state index contributed by atoms with van der Waals surface area (Å²) in [4.78, 5) is 4.52. The molecule has 0 spiro atoms. The Bertz CT molecular complexity index is 804. The lowest BCUT2D eigenvalue weighted by Gasteiger charge is -2.24. The van der Waals surface area contributed by atoms with Gasteiger partial charge in [-0.3, -0.25) is 0 Å². The molecule has 2 aromatic rings. The third-order valence-corrected chi connectivity index (χ3v) is 6.13. The van der Waals surface area contributed by atoms with Gasteiger partial charge in [0.2, 0.25) is 0 Å². The summed E-state index contributed by atoms with van der Waals surface area (Å²) in [6, 6.07) is 3.93. The van der Waals surface area contributed by atoms with Crippen molar-refractivity contribution in [2.45, 2.75) is 44.3 Å². The lowest BCUT2D eigenvalue weighted by atomic mass is 10.0. The van der Waals surface area contributed by atoms with Crippen LogP contribution in [0.1, 0.15) is 26.3 Å². The van der Waals surface area contributed by atoms with Crippen LogP contribution in [-0.2, 0) is 9.47 Å². The minimum absolute atomic E-state index is 0.0610. The van der Waals surface area contributed by atoms with Crippen molar-refractivity contribution in [1.29, 1.82) is 0 Å². The number of aromatic nitrogens is 2. The average molecular weight is 335 g/mol. The highest BCUT2D eigenvalue weighted by molar-refractivity contribution is 6.35. The summed E-state index contributed by atoms with van der Waals surface area (Å²) in [6.45, 7) is 4.02. The molecule has 1 aliphatic heterocycles. The molecule has 2 aliphatic carbocycles. The molecule has 1 saturated heterocycles. The Labute approximate surface area is 139 Å². The molecule has 1 N–H and O–H groups in total. The van der Waals surface area contributed by atoms with Gasteiger partial charge in [-0.05, 0) is 38.3 Å². The predicted octanol–water partition coefficient (Wildman–Crippen LogP) is 2.76. The Balaban J connectivity index is 1.64. The Morgan fingerprint density at radius 3 is 3.00 bits per heavy atom. The molecule has 2 aromatic heterocycles. The maximum absolute atomic E-state index is 9.98. The van der Waals surface area contributed by atoms with Gasteiger partial charge in [0.15, 0.2) is 5.79 Å². The van der Waals surface area contributed by atoms with Gasteiger partial charge in [-0.2, -0.15) is 0 Å². The van der Waals surface area contributed by atoms with Crippen LogP contribution in [0.3, 0.4) is 0 Å². The summed E-state index contributed by atoms with van der Waals surface area (Å²) >= 11 is 6.29. The van der Waals surface area contributed by atoms with E-state index in [1.807, 2.05) is 26.1 Å². The summed E-state index contributed by atoms with van der Waals surface area (Å²) in [5.74, 6) is -0.257. The molecule has 122 valence electrons. The average Bonchev–Trinajstić information content (AvgIpc) is 2.78. The van der Waals surface area contributed by atoms with Gasteiger partial charge in [0.05, 0.1) is 23.8 Å². The van der Waals surface area contributed by atoms with E-state index in [1.54, 1.807) is 12.3 Å². The van der Waals surface area contributed by atoms with Gasteiger partial charge in [0, 0.05) is 23.2 Å². The van der Waals surface area contributed by atoms with E-state index >= 15 is 0 Å². The van der Waals surface area contributed by atoms with Crippen LogP contribution in [0.25, 0.3) is 11.0 Å². The highest BCUT2D eigenvalue weighted by Gasteiger charge is 2.75. The first-order valence-corrected chi connectivity index (χ1v) is 8.42. The van der Waals surface area contributed by atoms with E-state index in [2.05, 4.69) is 9.55 Å². The number of pyridine rings is 1. The van der Waals surface area contributed by atoms with Crippen LogP contribution in [-0.4, -0.2) is 39.3 Å². The second-order valence-electron chi connectivity index (χ2n) is 7.47. The summed E-state index contributed by atoms with van der Waals surface area (Å²) < 4.78 is 14.5. The maximum atomic E-state index is 9.98. The number of hydrogen-bond donors (Lipinski definition) is 1. The van der Waals surface area contributed by atoms with Gasteiger partial charge < -0.3 is 19.1 Å². The van der Waals surface area contributed by atoms with Gasteiger partial charge in [-0.1, -0.05) is 11.6 Å². The summed E-state index contributed by atoms with van der Waals surface area (Å²) in [6.07, 6.45) is 4.61. The topological polar surface area (TPSA) is 56.5 Å². The predicted molar refractivity (Wildman–Crippen MR) is 85.2 cm³/mol. The Kier molecular flexibility index (Phi) is 2.65. The lowest BCUT2D eigenvalue weighted by molar-refractivity contribution is -0.163. The van der Waals surface area contributed by atoms with E-state index in [0.29, 0.717) is 10.9 Å². The smallest absolute Gasteiger partial charge is 0.163 e. The molecule has 0 bridgehead atoms. The molecule has 5 rings (SSSR count). The molecule has 0 unspecified atom stereocenters. The number of fused-ring (bicyclic) bond motifs is 4. The number of rotatable bonds is 2. The van der Waals surface area contributed by atoms with E-state index in [9.17, 15) is 5.11 Å². The van der Waals surface area contributed by atoms with E-state index in [0.717, 1.165) is 17.5 Å². The summed E-state index contributed by atoms with van der Waals surface area (Å²) in [5.41, 5.74) is 0.702. The summed E-state index contributed by atoms with van der Waals surface area (Å²) in [7, 11) is 0. The normalized spacial score (nSPS) is 40.3. The van der Waals surface area contributed by atoms with E-state index in [-0.39, 0.29) is 30.3 Å². The van der Waals surface area contributed by atoms with Crippen molar-refractivity contribution in [3.8, 4) is 0 Å². The molecule has 3 heterocycles. The first kappa shape index (κ1) is 14.2. The fourth-order valence-corrected chi connectivity index (χ4v) is 4.94. The van der Waals surface area contributed by atoms with Crippen LogP contribution in [0, 0.1) is 11.3 Å². The number of hydrogen-bond acceptors (Lipinski definition) is 4. The lowest BCUT2D eigenvalue weighted by Crippen LogP contribution is -2.33. The number of aliphatic hydroxyl groups excluding tert-OH is 1. The Morgan fingerprint density at radius 1 is 1.39 bits per heavy atom. The highest BCUT2D eigenvalue weighted by atomic mass is 35.5. The van der Waals surface area contributed by atoms with Crippen molar-refractivity contribution in [1.82, 2.24) is 9.55 Å². The quantitative estimate of drug-likeness (QED) is 0.917. The fraction of sp³-hybridized carbons (Fsp3) is 0.588. The van der Waals surface area contributed by atoms with E-state index in [4.69, 9.17) is 21.1 Å². The molecule has 0 radical (unpaired) electrons. The minimum atomic E-state index is -0.614. The number of nitrogens with zero attached hydrogens (tertiary/aromatic N) is 2. The Morgan fingerprint density at radius 2 is 2.22 bits per heavy atom. The summed E-state index contributed by atoms with van der Waals surface area (Å²) in [5, 5.41) is 11.6. The SMILES string of the molecule is CC1(C)O[C@H]2[C@H](n3ccc4c(Cl)ccnc43)[C@H]3C[C@@]3(CO)[C@H]2O1. The standard InChI is InChI=1S/C17H19ClN2O3/c1-16(2)22-13-12(10-7-17(10,8-21)14(13)23-16)20-6-4-9-11(18)3-5-19-15(9)20/h3-6,10,12-14,21H,7-8H2,1-2H3/t10-,12-,13+,14+,17+/m1/s1. The van der Waals surface area contributed by atoms with Gasteiger partial charge >= 0.3 is 0 Å². The monoisotopic (exact) mass is 334 g/mol. The number of ether oxygens (including phenoxy) is 2. The third-order valence-electron chi connectivity index (χ3n) is 5.80. The number of aliphatic hydroxyl groups is 1. The molecule has 23 heavy (non-hydrogen) atoms. The van der Waals surface area contributed by atoms with Crippen LogP contribution in [0.15, 0.2) is 24.5 Å². The molecule has 3 fully saturated rings. The molecule has 2 saturated carbocycles. The van der Waals surface area contributed by atoms with Gasteiger partial charge in [-0.25, -0.2) is 4.98 Å². The van der Waals surface area contributed by atoms with Gasteiger partial charge in [-0.15, -0.1) is 0 Å².